The molecule has 8 nitrogen and oxygen atoms in total. The number of carbonyl (C=O) groups is 3. The van der Waals surface area contributed by atoms with Crippen molar-refractivity contribution >= 4 is 18.1 Å². The van der Waals surface area contributed by atoms with E-state index in [2.05, 4.69) is 18.6 Å². The Balaban J connectivity index is 1.31. The minimum atomic E-state index is -0.875. The average Bonchev–Trinajstić information content (AvgIpc) is 2.98. The molecule has 8 heteroatoms. The molecule has 0 aliphatic rings. The van der Waals surface area contributed by atoms with E-state index in [1.165, 1.54) is 7.11 Å². The Bertz CT molecular complexity index is 1490. The lowest BCUT2D eigenvalue weighted by molar-refractivity contribution is 0.0992. The van der Waals surface area contributed by atoms with Crippen molar-refractivity contribution in [3.63, 3.8) is 0 Å². The Kier molecular flexibility index (Phi) is 9.04. The molecule has 0 aliphatic carbocycles. The highest BCUT2D eigenvalue weighted by atomic mass is 16.7. The van der Waals surface area contributed by atoms with Gasteiger partial charge < -0.3 is 23.7 Å². The van der Waals surface area contributed by atoms with Crippen molar-refractivity contribution in [3.8, 4) is 23.0 Å². The van der Waals surface area contributed by atoms with Gasteiger partial charge in [0.1, 0.15) is 23.0 Å². The summed E-state index contributed by atoms with van der Waals surface area (Å²) in [4.78, 5) is 36.2. The van der Waals surface area contributed by atoms with E-state index in [-0.39, 0.29) is 17.6 Å². The van der Waals surface area contributed by atoms with Gasteiger partial charge in [0.25, 0.3) is 0 Å². The summed E-state index contributed by atoms with van der Waals surface area (Å²) in [7, 11) is 2.82. The Hall–Kier alpha value is -5.11. The maximum Gasteiger partial charge on any atom is 0.519 e. The van der Waals surface area contributed by atoms with Crippen molar-refractivity contribution in [1.29, 1.82) is 0 Å². The highest BCUT2D eigenvalue weighted by molar-refractivity contribution is 5.97. The molecule has 0 fully saturated rings. The third-order valence-electron chi connectivity index (χ3n) is 6.62. The van der Waals surface area contributed by atoms with Gasteiger partial charge in [0.05, 0.1) is 14.2 Å². The number of Topliss-reactive ketones (excluding diaryl/α,β-unsaturated/α-hetero) is 1. The second-order valence-electron chi connectivity index (χ2n) is 9.66. The number of hydrogen-bond donors (Lipinski definition) is 0. The second kappa shape index (κ2) is 12.8. The van der Waals surface area contributed by atoms with Gasteiger partial charge in [-0.15, -0.1) is 0 Å². The van der Waals surface area contributed by atoms with E-state index in [0.717, 1.165) is 16.7 Å². The van der Waals surface area contributed by atoms with Crippen molar-refractivity contribution < 1.29 is 38.1 Å². The molecule has 0 aliphatic heterocycles. The van der Waals surface area contributed by atoms with Gasteiger partial charge in [0.15, 0.2) is 5.78 Å². The van der Waals surface area contributed by atoms with Crippen molar-refractivity contribution in [1.82, 2.24) is 0 Å². The zero-order chi connectivity index (χ0) is 29.4. The fourth-order valence-electron chi connectivity index (χ4n) is 4.14. The smallest absolute Gasteiger partial charge is 0.497 e. The van der Waals surface area contributed by atoms with Crippen LogP contribution in [0.2, 0.25) is 0 Å². The van der Waals surface area contributed by atoms with E-state index in [0.29, 0.717) is 28.6 Å². The van der Waals surface area contributed by atoms with E-state index in [1.807, 2.05) is 24.3 Å². The Morgan fingerprint density at radius 1 is 0.561 bits per heavy atom. The highest BCUT2D eigenvalue weighted by Crippen LogP contribution is 2.33. The molecule has 41 heavy (non-hydrogen) atoms. The first kappa shape index (κ1) is 28.9. The molecule has 210 valence electrons. The van der Waals surface area contributed by atoms with Gasteiger partial charge in [-0.25, -0.2) is 9.59 Å². The van der Waals surface area contributed by atoms with E-state index in [9.17, 15) is 14.4 Å². The summed E-state index contributed by atoms with van der Waals surface area (Å²) < 4.78 is 25.3. The molecule has 0 bridgehead atoms. The summed E-state index contributed by atoms with van der Waals surface area (Å²) in [6, 6.07) is 27.9. The molecule has 4 aromatic rings. The maximum atomic E-state index is 12.5. The molecule has 0 heterocycles. The van der Waals surface area contributed by atoms with Gasteiger partial charge in [-0.3, -0.25) is 4.79 Å². The van der Waals surface area contributed by atoms with Crippen LogP contribution in [0.4, 0.5) is 9.59 Å². The minimum Gasteiger partial charge on any atom is -0.497 e. The molecule has 0 unspecified atom stereocenters. The minimum absolute atomic E-state index is 0.0306. The molecular weight excluding hydrogens is 524 g/mol. The number of hydrogen-bond acceptors (Lipinski definition) is 8. The number of ether oxygens (including phenoxy) is 5. The fraction of sp³-hybridized carbons (Fsp3) is 0.182. The van der Waals surface area contributed by atoms with Crippen molar-refractivity contribution in [2.45, 2.75) is 25.7 Å². The first-order chi connectivity index (χ1) is 19.7. The van der Waals surface area contributed by atoms with E-state index < -0.39 is 12.3 Å². The Morgan fingerprint density at radius 2 is 0.976 bits per heavy atom. The Morgan fingerprint density at radius 3 is 1.41 bits per heavy atom. The normalized spacial score (nSPS) is 10.8. The zero-order valence-corrected chi connectivity index (χ0v) is 23.2. The average molecular weight is 555 g/mol. The SMILES string of the molecule is COC(=O)Oc1ccc(C(C)(C)c2ccc(OC(=O)Oc3ccc(CC(=O)c4ccc(OC)cc4)cc3)cc2)cc1. The molecule has 0 spiro atoms. The summed E-state index contributed by atoms with van der Waals surface area (Å²) in [6.07, 6.45) is -1.44. The molecule has 0 radical (unpaired) electrons. The lowest BCUT2D eigenvalue weighted by atomic mass is 9.78. The van der Waals surface area contributed by atoms with Crippen LogP contribution in [0.15, 0.2) is 97.1 Å². The maximum absolute atomic E-state index is 12.5. The summed E-state index contributed by atoms with van der Waals surface area (Å²) in [6.45, 7) is 4.11. The van der Waals surface area contributed by atoms with Gasteiger partial charge in [-0.2, -0.15) is 0 Å². The lowest BCUT2D eigenvalue weighted by Gasteiger charge is -2.26. The molecular formula is C33H30O8. The predicted octanol–water partition coefficient (Wildman–Crippen LogP) is 7.17. The third kappa shape index (κ3) is 7.51. The van der Waals surface area contributed by atoms with Crippen molar-refractivity contribution in [3.05, 3.63) is 119 Å². The first-order valence-corrected chi connectivity index (χ1v) is 12.8. The quantitative estimate of drug-likeness (QED) is 0.122. The number of carbonyl (C=O) groups excluding carboxylic acids is 3. The van der Waals surface area contributed by atoms with Crippen LogP contribution < -0.4 is 18.9 Å². The number of methoxy groups -OCH3 is 2. The van der Waals surface area contributed by atoms with E-state index >= 15 is 0 Å². The van der Waals surface area contributed by atoms with Gasteiger partial charge in [0, 0.05) is 17.4 Å². The highest BCUT2D eigenvalue weighted by Gasteiger charge is 2.23. The van der Waals surface area contributed by atoms with Gasteiger partial charge in [0.2, 0.25) is 0 Å². The van der Waals surface area contributed by atoms with Crippen LogP contribution in [0, 0.1) is 0 Å². The fourth-order valence-corrected chi connectivity index (χ4v) is 4.14. The van der Waals surface area contributed by atoms with E-state index in [1.54, 1.807) is 79.9 Å². The first-order valence-electron chi connectivity index (χ1n) is 12.8. The standard InChI is InChI=1S/C33H30O8/c1-33(2,24-9-17-28(18-10-24)39-31(35)38-4)25-11-19-29(20-12-25)41-32(36)40-27-13-5-22(6-14-27)21-30(34)23-7-15-26(37-3)16-8-23/h5-20H,21H2,1-4H3. The largest absolute Gasteiger partial charge is 0.519 e. The molecule has 0 N–H and O–H groups in total. The third-order valence-corrected chi connectivity index (χ3v) is 6.62. The van der Waals surface area contributed by atoms with Crippen LogP contribution in [0.1, 0.15) is 40.9 Å². The summed E-state index contributed by atoms with van der Waals surface area (Å²) in [5.74, 6) is 1.67. The molecule has 0 saturated carbocycles. The topological polar surface area (TPSA) is 97.4 Å². The molecule has 0 amide bonds. The molecule has 4 rings (SSSR count). The molecule has 0 atom stereocenters. The van der Waals surface area contributed by atoms with Crippen LogP contribution in [0.3, 0.4) is 0 Å². The van der Waals surface area contributed by atoms with Gasteiger partial charge >= 0.3 is 12.3 Å². The van der Waals surface area contributed by atoms with Crippen LogP contribution in [-0.4, -0.2) is 32.3 Å². The van der Waals surface area contributed by atoms with Crippen LogP contribution in [-0.2, 0) is 16.6 Å². The molecule has 4 aromatic carbocycles. The monoisotopic (exact) mass is 554 g/mol. The van der Waals surface area contributed by atoms with Crippen LogP contribution >= 0.6 is 0 Å². The van der Waals surface area contributed by atoms with Crippen LogP contribution in [0.25, 0.3) is 0 Å². The Labute approximate surface area is 238 Å². The van der Waals surface area contributed by atoms with Gasteiger partial charge in [-0.05, 0) is 77.4 Å². The van der Waals surface area contributed by atoms with Crippen molar-refractivity contribution in [2.24, 2.45) is 0 Å². The molecule has 0 saturated heterocycles. The number of rotatable bonds is 9. The van der Waals surface area contributed by atoms with E-state index in [4.69, 9.17) is 18.9 Å². The summed E-state index contributed by atoms with van der Waals surface area (Å²) >= 11 is 0. The summed E-state index contributed by atoms with van der Waals surface area (Å²) in [5.41, 5.74) is 2.98. The summed E-state index contributed by atoms with van der Waals surface area (Å²) in [5, 5.41) is 0. The number of benzene rings is 4. The lowest BCUT2D eigenvalue weighted by Crippen LogP contribution is -2.19. The van der Waals surface area contributed by atoms with Crippen LogP contribution in [0.5, 0.6) is 23.0 Å². The van der Waals surface area contributed by atoms with Crippen molar-refractivity contribution in [2.75, 3.05) is 14.2 Å². The molecule has 0 aromatic heterocycles. The second-order valence-corrected chi connectivity index (χ2v) is 9.66. The zero-order valence-electron chi connectivity index (χ0n) is 23.2. The number of ketones is 1. The van der Waals surface area contributed by atoms with Gasteiger partial charge in [-0.1, -0.05) is 50.2 Å². The predicted molar refractivity (Wildman–Crippen MR) is 152 cm³/mol.